The van der Waals surface area contributed by atoms with Crippen LogP contribution in [0.15, 0.2) is 60.2 Å². The van der Waals surface area contributed by atoms with Gasteiger partial charge in [-0.15, -0.1) is 0 Å². The normalized spacial score (nSPS) is 23.0. The number of benzene rings is 2. The van der Waals surface area contributed by atoms with Crippen molar-refractivity contribution in [2.24, 2.45) is 5.92 Å². The second-order valence-electron chi connectivity index (χ2n) is 8.16. The second kappa shape index (κ2) is 8.73. The average Bonchev–Trinajstić information content (AvgIpc) is 3.32. The maximum atomic E-state index is 11.9. The standard InChI is InChI=1S/C25H28N4O2/c1-4-31-25(30)18-9-11-21(12-10-18)29-16(2)13-19(17(29)3)14-20(15-26)24-27-22-7-5-6-8-23(22)28-24/h5-12,14,16-17,19,24,27-28H,4,13H2,1-3H3/b20-14+. The molecular formula is C25H28N4O2. The third-order valence-electron chi connectivity index (χ3n) is 6.18. The van der Waals surface area contributed by atoms with E-state index in [1.807, 2.05) is 48.5 Å². The fraction of sp³-hybridized carbons (Fsp3) is 0.360. The van der Waals surface area contributed by atoms with Gasteiger partial charge in [0.2, 0.25) is 0 Å². The van der Waals surface area contributed by atoms with Gasteiger partial charge < -0.3 is 20.3 Å². The van der Waals surface area contributed by atoms with Gasteiger partial charge in [-0.1, -0.05) is 18.2 Å². The number of fused-ring (bicyclic) bond motifs is 1. The van der Waals surface area contributed by atoms with Crippen molar-refractivity contribution in [3.63, 3.8) is 0 Å². The van der Waals surface area contributed by atoms with Crippen molar-refractivity contribution in [2.45, 2.75) is 45.4 Å². The number of anilines is 3. The summed E-state index contributed by atoms with van der Waals surface area (Å²) < 4.78 is 5.08. The van der Waals surface area contributed by atoms with Crippen LogP contribution in [0.4, 0.5) is 17.1 Å². The van der Waals surface area contributed by atoms with Crippen LogP contribution in [-0.2, 0) is 4.74 Å². The lowest BCUT2D eigenvalue weighted by Crippen LogP contribution is -2.34. The fourth-order valence-corrected chi connectivity index (χ4v) is 4.66. The summed E-state index contributed by atoms with van der Waals surface area (Å²) in [5.74, 6) is -0.0460. The van der Waals surface area contributed by atoms with Crippen LogP contribution >= 0.6 is 0 Å². The van der Waals surface area contributed by atoms with Crippen LogP contribution in [0.1, 0.15) is 37.6 Å². The van der Waals surface area contributed by atoms with Gasteiger partial charge in [-0.3, -0.25) is 0 Å². The van der Waals surface area contributed by atoms with Gasteiger partial charge in [-0.2, -0.15) is 5.26 Å². The van der Waals surface area contributed by atoms with Crippen LogP contribution in [0, 0.1) is 17.2 Å². The molecule has 2 aromatic rings. The summed E-state index contributed by atoms with van der Waals surface area (Å²) in [7, 11) is 0. The minimum Gasteiger partial charge on any atom is -0.462 e. The first kappa shape index (κ1) is 20.8. The molecule has 0 aliphatic carbocycles. The Kier molecular flexibility index (Phi) is 5.85. The molecule has 3 unspecified atom stereocenters. The SMILES string of the molecule is CCOC(=O)c1ccc(N2C(C)CC(/C=C(\C#N)C3Nc4ccccc4N3)C2C)cc1. The minimum atomic E-state index is -0.298. The van der Waals surface area contributed by atoms with Crippen molar-refractivity contribution < 1.29 is 9.53 Å². The molecule has 0 bridgehead atoms. The van der Waals surface area contributed by atoms with E-state index in [0.29, 0.717) is 23.8 Å². The molecule has 2 heterocycles. The lowest BCUT2D eigenvalue weighted by atomic mass is 9.96. The molecular weight excluding hydrogens is 388 g/mol. The Morgan fingerprint density at radius 2 is 1.81 bits per heavy atom. The van der Waals surface area contributed by atoms with E-state index in [1.165, 1.54) is 0 Å². The smallest absolute Gasteiger partial charge is 0.338 e. The monoisotopic (exact) mass is 416 g/mol. The number of nitriles is 1. The molecule has 0 spiro atoms. The molecule has 2 aliphatic rings. The molecule has 1 fully saturated rings. The van der Waals surface area contributed by atoms with Gasteiger partial charge in [-0.05, 0) is 63.6 Å². The number of ether oxygens (including phenoxy) is 1. The van der Waals surface area contributed by atoms with Gasteiger partial charge in [0.05, 0.1) is 35.2 Å². The maximum absolute atomic E-state index is 11.9. The Morgan fingerprint density at radius 1 is 1.16 bits per heavy atom. The Labute approximate surface area is 183 Å². The molecule has 0 amide bonds. The van der Waals surface area contributed by atoms with E-state index in [-0.39, 0.29) is 24.1 Å². The number of carbonyl (C=O) groups excluding carboxylic acids is 1. The third-order valence-corrected chi connectivity index (χ3v) is 6.18. The lowest BCUT2D eigenvalue weighted by Gasteiger charge is -2.30. The first-order chi connectivity index (χ1) is 15.0. The van der Waals surface area contributed by atoms with Crippen molar-refractivity contribution in [2.75, 3.05) is 22.1 Å². The number of para-hydroxylation sites is 2. The van der Waals surface area contributed by atoms with Crippen LogP contribution in [0.3, 0.4) is 0 Å². The molecule has 160 valence electrons. The number of nitrogens with zero attached hydrogens (tertiary/aromatic N) is 2. The molecule has 0 saturated carbocycles. The quantitative estimate of drug-likeness (QED) is 0.540. The number of rotatable bonds is 5. The lowest BCUT2D eigenvalue weighted by molar-refractivity contribution is 0.0526. The van der Waals surface area contributed by atoms with Gasteiger partial charge in [-0.25, -0.2) is 4.79 Å². The summed E-state index contributed by atoms with van der Waals surface area (Å²) in [5.41, 5.74) is 4.38. The van der Waals surface area contributed by atoms with Crippen LogP contribution in [0.25, 0.3) is 0 Å². The largest absolute Gasteiger partial charge is 0.462 e. The molecule has 0 aromatic heterocycles. The maximum Gasteiger partial charge on any atom is 0.338 e. The average molecular weight is 417 g/mol. The molecule has 31 heavy (non-hydrogen) atoms. The van der Waals surface area contributed by atoms with E-state index >= 15 is 0 Å². The second-order valence-corrected chi connectivity index (χ2v) is 8.16. The Bertz CT molecular complexity index is 1000. The summed E-state index contributed by atoms with van der Waals surface area (Å²) in [5, 5.41) is 16.6. The highest BCUT2D eigenvalue weighted by atomic mass is 16.5. The Balaban J connectivity index is 1.50. The predicted octanol–water partition coefficient (Wildman–Crippen LogP) is 4.78. The molecule has 6 heteroatoms. The number of esters is 1. The van der Waals surface area contributed by atoms with Gasteiger partial charge >= 0.3 is 5.97 Å². The number of carbonyl (C=O) groups is 1. The number of hydrogen-bond donors (Lipinski definition) is 2. The first-order valence-corrected chi connectivity index (χ1v) is 10.8. The van der Waals surface area contributed by atoms with E-state index in [4.69, 9.17) is 4.74 Å². The van der Waals surface area contributed by atoms with Crippen LogP contribution < -0.4 is 15.5 Å². The number of nitrogens with one attached hydrogen (secondary N) is 2. The van der Waals surface area contributed by atoms with Gasteiger partial charge in [0, 0.05) is 23.7 Å². The van der Waals surface area contributed by atoms with Crippen molar-refractivity contribution in [3.05, 3.63) is 65.7 Å². The molecule has 2 aliphatic heterocycles. The molecule has 4 rings (SSSR count). The third kappa shape index (κ3) is 4.09. The van der Waals surface area contributed by atoms with Crippen molar-refractivity contribution in [1.29, 1.82) is 5.26 Å². The zero-order chi connectivity index (χ0) is 22.0. The molecule has 6 nitrogen and oxygen atoms in total. The summed E-state index contributed by atoms with van der Waals surface area (Å²) >= 11 is 0. The molecule has 0 radical (unpaired) electrons. The first-order valence-electron chi connectivity index (χ1n) is 10.8. The van der Waals surface area contributed by atoms with Crippen molar-refractivity contribution >= 4 is 23.0 Å². The summed E-state index contributed by atoms with van der Waals surface area (Å²) in [6.45, 7) is 6.57. The molecule has 2 aromatic carbocycles. The highest BCUT2D eigenvalue weighted by Gasteiger charge is 2.36. The van der Waals surface area contributed by atoms with Crippen LogP contribution in [-0.4, -0.2) is 30.8 Å². The Hall–Kier alpha value is -3.46. The molecule has 1 saturated heterocycles. The number of hydrogen-bond acceptors (Lipinski definition) is 6. The summed E-state index contributed by atoms with van der Waals surface area (Å²) in [6, 6.07) is 18.5. The topological polar surface area (TPSA) is 77.4 Å². The zero-order valence-corrected chi connectivity index (χ0v) is 18.1. The van der Waals surface area contributed by atoms with E-state index in [2.05, 4.69) is 41.5 Å². The van der Waals surface area contributed by atoms with Crippen molar-refractivity contribution in [1.82, 2.24) is 0 Å². The highest BCUT2D eigenvalue weighted by Crippen LogP contribution is 2.37. The van der Waals surface area contributed by atoms with E-state index in [9.17, 15) is 10.1 Å². The molecule has 2 N–H and O–H groups in total. The van der Waals surface area contributed by atoms with E-state index in [0.717, 1.165) is 23.5 Å². The van der Waals surface area contributed by atoms with Crippen LogP contribution in [0.5, 0.6) is 0 Å². The summed E-state index contributed by atoms with van der Waals surface area (Å²) in [6.07, 6.45) is 2.87. The van der Waals surface area contributed by atoms with E-state index in [1.54, 1.807) is 6.92 Å². The summed E-state index contributed by atoms with van der Waals surface area (Å²) in [4.78, 5) is 14.3. The van der Waals surface area contributed by atoms with Crippen LogP contribution in [0.2, 0.25) is 0 Å². The van der Waals surface area contributed by atoms with Gasteiger partial charge in [0.25, 0.3) is 0 Å². The van der Waals surface area contributed by atoms with E-state index < -0.39 is 0 Å². The predicted molar refractivity (Wildman–Crippen MR) is 123 cm³/mol. The van der Waals surface area contributed by atoms with Gasteiger partial charge in [0.1, 0.15) is 6.17 Å². The van der Waals surface area contributed by atoms with Gasteiger partial charge in [0.15, 0.2) is 0 Å². The molecule has 3 atom stereocenters. The minimum absolute atomic E-state index is 0.206. The Morgan fingerprint density at radius 3 is 2.39 bits per heavy atom. The van der Waals surface area contributed by atoms with Crippen molar-refractivity contribution in [3.8, 4) is 6.07 Å². The zero-order valence-electron chi connectivity index (χ0n) is 18.1. The highest BCUT2D eigenvalue weighted by molar-refractivity contribution is 5.89. The fourth-order valence-electron chi connectivity index (χ4n) is 4.66.